The Kier molecular flexibility index (Phi) is 4.00. The van der Waals surface area contributed by atoms with Crippen LogP contribution < -0.4 is 4.74 Å². The molecule has 88 valence electrons. The van der Waals surface area contributed by atoms with Crippen molar-refractivity contribution >= 4 is 11.7 Å². The Morgan fingerprint density at radius 2 is 2.35 bits per heavy atom. The molecule has 0 amide bonds. The summed E-state index contributed by atoms with van der Waals surface area (Å²) in [7, 11) is 1.17. The van der Waals surface area contributed by atoms with Crippen molar-refractivity contribution in [2.45, 2.75) is 0 Å². The van der Waals surface area contributed by atoms with Gasteiger partial charge in [0.05, 0.1) is 12.0 Å². The van der Waals surface area contributed by atoms with Crippen molar-refractivity contribution in [3.63, 3.8) is 0 Å². The highest BCUT2D eigenvalue weighted by Crippen LogP contribution is 2.24. The largest absolute Gasteiger partial charge is 0.464 e. The van der Waals surface area contributed by atoms with Gasteiger partial charge in [0.15, 0.2) is 12.3 Å². The number of nitrogens with zero attached hydrogens (tertiary/aromatic N) is 2. The molecule has 17 heavy (non-hydrogen) atoms. The van der Waals surface area contributed by atoms with Crippen LogP contribution in [0.15, 0.2) is 12.1 Å². The number of rotatable bonds is 4. The minimum atomic E-state index is -0.717. The van der Waals surface area contributed by atoms with Gasteiger partial charge in [-0.25, -0.2) is 9.78 Å². The number of carbonyl (C=O) groups excluding carboxylic acids is 1. The molecular formula is C10H8N2O5. The van der Waals surface area contributed by atoms with Crippen molar-refractivity contribution in [2.24, 2.45) is 0 Å². The highest BCUT2D eigenvalue weighted by Gasteiger charge is 2.20. The second-order valence-electron chi connectivity index (χ2n) is 2.76. The highest BCUT2D eigenvalue weighted by atomic mass is 16.6. The SMILES string of the molecule is C#CCOc1nc(C(=O)OC)ccc1[N+](=O)[O-]. The molecular weight excluding hydrogens is 228 g/mol. The van der Waals surface area contributed by atoms with E-state index in [9.17, 15) is 14.9 Å². The first-order valence-electron chi connectivity index (χ1n) is 4.40. The van der Waals surface area contributed by atoms with E-state index in [0.717, 1.165) is 6.07 Å². The summed E-state index contributed by atoms with van der Waals surface area (Å²) in [6.07, 6.45) is 4.96. The molecule has 1 rings (SSSR count). The Balaban J connectivity index is 3.15. The molecule has 0 bridgehead atoms. The lowest BCUT2D eigenvalue weighted by Gasteiger charge is -2.04. The molecule has 0 aliphatic rings. The predicted molar refractivity (Wildman–Crippen MR) is 56.6 cm³/mol. The molecule has 1 aromatic rings. The Labute approximate surface area is 96.5 Å². The van der Waals surface area contributed by atoms with Crippen LogP contribution in [0.5, 0.6) is 5.88 Å². The maximum Gasteiger partial charge on any atom is 0.356 e. The second kappa shape index (κ2) is 5.46. The first-order chi connectivity index (χ1) is 8.10. The summed E-state index contributed by atoms with van der Waals surface area (Å²) in [6, 6.07) is 2.28. The van der Waals surface area contributed by atoms with E-state index in [0.29, 0.717) is 0 Å². The van der Waals surface area contributed by atoms with E-state index in [4.69, 9.17) is 11.2 Å². The van der Waals surface area contributed by atoms with Crippen molar-refractivity contribution in [2.75, 3.05) is 13.7 Å². The molecule has 0 aromatic carbocycles. The molecule has 1 heterocycles. The van der Waals surface area contributed by atoms with Crippen LogP contribution in [0, 0.1) is 22.5 Å². The summed E-state index contributed by atoms with van der Waals surface area (Å²) in [6.45, 7) is -0.182. The summed E-state index contributed by atoms with van der Waals surface area (Å²) in [4.78, 5) is 24.8. The van der Waals surface area contributed by atoms with Crippen molar-refractivity contribution in [3.8, 4) is 18.2 Å². The lowest BCUT2D eigenvalue weighted by atomic mass is 10.3. The minimum Gasteiger partial charge on any atom is -0.464 e. The molecule has 0 saturated carbocycles. The Hall–Kier alpha value is -2.62. The Bertz CT molecular complexity index is 492. The van der Waals surface area contributed by atoms with Gasteiger partial charge in [-0.15, -0.1) is 6.42 Å². The van der Waals surface area contributed by atoms with Gasteiger partial charge < -0.3 is 9.47 Å². The van der Waals surface area contributed by atoms with Gasteiger partial charge in [0.1, 0.15) is 0 Å². The third-order valence-electron chi connectivity index (χ3n) is 1.72. The van der Waals surface area contributed by atoms with Gasteiger partial charge in [-0.3, -0.25) is 10.1 Å². The molecule has 7 heteroatoms. The van der Waals surface area contributed by atoms with Gasteiger partial charge in [0, 0.05) is 6.07 Å². The zero-order valence-corrected chi connectivity index (χ0v) is 8.87. The number of hydrogen-bond acceptors (Lipinski definition) is 6. The first-order valence-corrected chi connectivity index (χ1v) is 4.40. The molecule has 0 spiro atoms. The van der Waals surface area contributed by atoms with E-state index < -0.39 is 10.9 Å². The van der Waals surface area contributed by atoms with Crippen LogP contribution in [0.1, 0.15) is 10.5 Å². The van der Waals surface area contributed by atoms with Crippen molar-refractivity contribution in [3.05, 3.63) is 27.9 Å². The number of nitro groups is 1. The number of hydrogen-bond donors (Lipinski definition) is 0. The summed E-state index contributed by atoms with van der Waals surface area (Å²) < 4.78 is 9.32. The average Bonchev–Trinajstić information content (AvgIpc) is 2.34. The van der Waals surface area contributed by atoms with Crippen LogP contribution in [-0.4, -0.2) is 29.6 Å². The molecule has 0 N–H and O–H groups in total. The van der Waals surface area contributed by atoms with Crippen molar-refractivity contribution < 1.29 is 19.2 Å². The zero-order valence-electron chi connectivity index (χ0n) is 8.87. The number of terminal acetylenes is 1. The van der Waals surface area contributed by atoms with Crippen molar-refractivity contribution in [1.29, 1.82) is 0 Å². The molecule has 0 fully saturated rings. The third kappa shape index (κ3) is 2.92. The van der Waals surface area contributed by atoms with Gasteiger partial charge in [0.2, 0.25) is 0 Å². The Morgan fingerprint density at radius 1 is 1.65 bits per heavy atom. The number of methoxy groups -OCH3 is 1. The van der Waals surface area contributed by atoms with E-state index >= 15 is 0 Å². The summed E-state index contributed by atoms with van der Waals surface area (Å²) in [5, 5.41) is 10.7. The van der Waals surface area contributed by atoms with Crippen LogP contribution in [-0.2, 0) is 4.74 Å². The second-order valence-corrected chi connectivity index (χ2v) is 2.76. The number of aromatic nitrogens is 1. The number of ether oxygens (including phenoxy) is 2. The molecule has 0 saturated heterocycles. The lowest BCUT2D eigenvalue weighted by molar-refractivity contribution is -0.386. The third-order valence-corrected chi connectivity index (χ3v) is 1.72. The molecule has 0 aliphatic carbocycles. The van der Waals surface area contributed by atoms with E-state index in [2.05, 4.69) is 15.6 Å². The fraction of sp³-hybridized carbons (Fsp3) is 0.200. The molecule has 0 unspecified atom stereocenters. The van der Waals surface area contributed by atoms with Crippen molar-refractivity contribution in [1.82, 2.24) is 4.98 Å². The van der Waals surface area contributed by atoms with E-state index in [-0.39, 0.29) is 23.9 Å². The van der Waals surface area contributed by atoms with Crippen LogP contribution >= 0.6 is 0 Å². The fourth-order valence-corrected chi connectivity index (χ4v) is 1.01. The van der Waals surface area contributed by atoms with Crippen LogP contribution in [0.3, 0.4) is 0 Å². The van der Waals surface area contributed by atoms with Gasteiger partial charge >= 0.3 is 11.7 Å². The normalized spacial score (nSPS) is 9.18. The number of esters is 1. The van der Waals surface area contributed by atoms with E-state index in [1.165, 1.54) is 13.2 Å². The van der Waals surface area contributed by atoms with Gasteiger partial charge in [-0.2, -0.15) is 0 Å². The predicted octanol–water partition coefficient (Wildman–Crippen LogP) is 0.788. The highest BCUT2D eigenvalue weighted by molar-refractivity contribution is 5.87. The standard InChI is InChI=1S/C10H8N2O5/c1-3-6-17-9-8(12(14)15)5-4-7(11-9)10(13)16-2/h1,4-5H,6H2,2H3. The molecule has 0 atom stereocenters. The monoisotopic (exact) mass is 236 g/mol. The summed E-state index contributed by atoms with van der Waals surface area (Å²) in [5.74, 6) is 1.12. The molecule has 0 radical (unpaired) electrons. The quantitative estimate of drug-likeness (QED) is 0.332. The topological polar surface area (TPSA) is 91.6 Å². The number of carbonyl (C=O) groups is 1. The maximum atomic E-state index is 11.2. The summed E-state index contributed by atoms with van der Waals surface area (Å²) >= 11 is 0. The van der Waals surface area contributed by atoms with Crippen LogP contribution in [0.25, 0.3) is 0 Å². The molecule has 7 nitrogen and oxygen atoms in total. The van der Waals surface area contributed by atoms with Crippen LogP contribution in [0.2, 0.25) is 0 Å². The fourth-order valence-electron chi connectivity index (χ4n) is 1.01. The molecule has 1 aromatic heterocycles. The lowest BCUT2D eigenvalue weighted by Crippen LogP contribution is -2.08. The smallest absolute Gasteiger partial charge is 0.356 e. The van der Waals surface area contributed by atoms with E-state index in [1.54, 1.807) is 0 Å². The first kappa shape index (κ1) is 12.4. The maximum absolute atomic E-state index is 11.2. The van der Waals surface area contributed by atoms with Gasteiger partial charge in [-0.1, -0.05) is 5.92 Å². The number of pyridine rings is 1. The average molecular weight is 236 g/mol. The van der Waals surface area contributed by atoms with Gasteiger partial charge in [-0.05, 0) is 6.07 Å². The zero-order chi connectivity index (χ0) is 12.8. The molecule has 0 aliphatic heterocycles. The van der Waals surface area contributed by atoms with Crippen LogP contribution in [0.4, 0.5) is 5.69 Å². The summed E-state index contributed by atoms with van der Waals surface area (Å²) in [5.41, 5.74) is -0.460. The minimum absolute atomic E-state index is 0.0925. The van der Waals surface area contributed by atoms with Gasteiger partial charge in [0.25, 0.3) is 5.88 Å². The Morgan fingerprint density at radius 3 is 2.88 bits per heavy atom. The van der Waals surface area contributed by atoms with E-state index in [1.807, 2.05) is 0 Å².